The molecule has 0 rings (SSSR count). The van der Waals surface area contributed by atoms with Crippen molar-refractivity contribution in [1.29, 1.82) is 0 Å². The largest absolute Gasteiger partial charge is 0.445 e. The molecule has 0 saturated heterocycles. The summed E-state index contributed by atoms with van der Waals surface area (Å²) in [6, 6.07) is 0. The Labute approximate surface area is 284 Å². The van der Waals surface area contributed by atoms with Crippen molar-refractivity contribution in [3.8, 4) is 0 Å². The van der Waals surface area contributed by atoms with Gasteiger partial charge in [-0.05, 0) is 48.1 Å². The SMILES string of the molecule is C=CC=C[C@H](C)[C@H](OC(N)=O)[C@@H](C)[C@H](O[Si](C)(C)C(C)(C)C)[C@@H](C)C(=O)N(C)C[C@H](C)[C@@H](O[Si](C)(C)C(C)(C)C)[C@@H](C)C=CCO. The summed E-state index contributed by atoms with van der Waals surface area (Å²) in [7, 11) is -2.66. The molecule has 8 atom stereocenters. The van der Waals surface area contributed by atoms with Crippen LogP contribution in [0, 0.1) is 29.6 Å². The first-order valence-corrected chi connectivity index (χ1v) is 22.7. The van der Waals surface area contributed by atoms with Crippen LogP contribution in [-0.2, 0) is 18.4 Å². The van der Waals surface area contributed by atoms with E-state index in [4.69, 9.17) is 19.3 Å². The number of hydrogen-bond donors (Lipinski definition) is 2. The smallest absolute Gasteiger partial charge is 0.404 e. The van der Waals surface area contributed by atoms with E-state index < -0.39 is 40.9 Å². The Hall–Kier alpha value is -1.73. The molecule has 0 fully saturated rings. The molecule has 0 aliphatic heterocycles. The lowest BCUT2D eigenvalue weighted by molar-refractivity contribution is -0.140. The number of carbonyl (C=O) groups is 2. The molecule has 46 heavy (non-hydrogen) atoms. The van der Waals surface area contributed by atoms with Crippen molar-refractivity contribution < 1.29 is 28.3 Å². The number of amides is 2. The fourth-order valence-corrected chi connectivity index (χ4v) is 8.25. The van der Waals surface area contributed by atoms with Crippen LogP contribution in [0.15, 0.2) is 37.0 Å². The van der Waals surface area contributed by atoms with E-state index in [-0.39, 0.29) is 52.4 Å². The zero-order valence-electron chi connectivity index (χ0n) is 32.1. The van der Waals surface area contributed by atoms with Crippen LogP contribution in [0.2, 0.25) is 36.3 Å². The highest BCUT2D eigenvalue weighted by Crippen LogP contribution is 2.41. The summed E-state index contributed by atoms with van der Waals surface area (Å²) in [6.45, 7) is 36.3. The molecule has 0 aromatic carbocycles. The molecule has 8 nitrogen and oxygen atoms in total. The van der Waals surface area contributed by atoms with Crippen LogP contribution < -0.4 is 5.73 Å². The highest BCUT2D eigenvalue weighted by Gasteiger charge is 2.46. The van der Waals surface area contributed by atoms with Crippen molar-refractivity contribution in [1.82, 2.24) is 4.90 Å². The fraction of sp³-hybridized carbons (Fsp3) is 0.778. The molecule has 0 aliphatic rings. The van der Waals surface area contributed by atoms with Crippen molar-refractivity contribution in [3.05, 3.63) is 37.0 Å². The maximum absolute atomic E-state index is 14.3. The van der Waals surface area contributed by atoms with Gasteiger partial charge in [0.15, 0.2) is 16.6 Å². The van der Waals surface area contributed by atoms with Crippen molar-refractivity contribution in [2.75, 3.05) is 20.2 Å². The molecule has 0 unspecified atom stereocenters. The molecule has 3 N–H and O–H groups in total. The van der Waals surface area contributed by atoms with Crippen molar-refractivity contribution in [2.24, 2.45) is 35.3 Å². The summed E-state index contributed by atoms with van der Waals surface area (Å²) < 4.78 is 19.7. The molecule has 0 heterocycles. The van der Waals surface area contributed by atoms with Gasteiger partial charge in [0, 0.05) is 25.4 Å². The van der Waals surface area contributed by atoms with Gasteiger partial charge in [0.05, 0.1) is 24.7 Å². The summed E-state index contributed by atoms with van der Waals surface area (Å²) in [6.07, 6.45) is 7.06. The number of aliphatic hydroxyl groups is 1. The van der Waals surface area contributed by atoms with E-state index in [1.54, 1.807) is 17.1 Å². The number of aliphatic hydroxyl groups excluding tert-OH is 1. The molecule has 10 heteroatoms. The average Bonchev–Trinajstić information content (AvgIpc) is 2.92. The molecular weight excluding hydrogens is 613 g/mol. The van der Waals surface area contributed by atoms with Gasteiger partial charge < -0.3 is 29.3 Å². The maximum atomic E-state index is 14.3. The number of hydrogen-bond acceptors (Lipinski definition) is 6. The molecule has 0 spiro atoms. The lowest BCUT2D eigenvalue weighted by atomic mass is 9.83. The Bertz CT molecular complexity index is 1030. The Morgan fingerprint density at radius 2 is 1.30 bits per heavy atom. The van der Waals surface area contributed by atoms with Gasteiger partial charge in [0.25, 0.3) is 0 Å². The standard InChI is InChI=1S/C36H70N2O6Si2/c1-18-19-21-26(3)31(42-34(37)41)28(5)32(44-46(16,17)36(10,11)12)29(6)33(40)38(13)24-27(4)30(25(2)22-20-23-39)43-45(14,15)35(7,8)9/h18-22,25-32,39H,1,23-24H2,2-17H3,(H2,37,41)/t25-,26-,27-,28+,29+,30-,31-,32-/m0/s1. The van der Waals surface area contributed by atoms with Crippen LogP contribution >= 0.6 is 0 Å². The number of allylic oxidation sites excluding steroid dienone is 2. The number of nitrogens with zero attached hydrogens (tertiary/aromatic N) is 1. The highest BCUT2D eigenvalue weighted by atomic mass is 28.4. The molecule has 268 valence electrons. The molecular formula is C36H70N2O6Si2. The zero-order valence-corrected chi connectivity index (χ0v) is 34.1. The van der Waals surface area contributed by atoms with Crippen molar-refractivity contribution in [2.45, 2.75) is 131 Å². The molecule has 0 aromatic rings. The number of nitrogens with two attached hydrogens (primary N) is 1. The van der Waals surface area contributed by atoms with Gasteiger partial charge in [0.1, 0.15) is 6.10 Å². The van der Waals surface area contributed by atoms with Crippen LogP contribution in [-0.4, -0.2) is 77.2 Å². The van der Waals surface area contributed by atoms with E-state index in [0.717, 1.165) is 0 Å². The first-order valence-electron chi connectivity index (χ1n) is 16.9. The third-order valence-electron chi connectivity index (χ3n) is 10.3. The molecule has 0 aliphatic carbocycles. The topological polar surface area (TPSA) is 111 Å². The fourth-order valence-electron chi connectivity index (χ4n) is 5.32. The number of rotatable bonds is 18. The summed E-state index contributed by atoms with van der Waals surface area (Å²) in [4.78, 5) is 28.1. The summed E-state index contributed by atoms with van der Waals surface area (Å²) >= 11 is 0. The lowest BCUT2D eigenvalue weighted by Crippen LogP contribution is -2.54. The Kier molecular flexibility index (Phi) is 17.5. The van der Waals surface area contributed by atoms with Crippen LogP contribution in [0.5, 0.6) is 0 Å². The van der Waals surface area contributed by atoms with Crippen LogP contribution in [0.1, 0.15) is 76.2 Å². The predicted molar refractivity (Wildman–Crippen MR) is 198 cm³/mol. The van der Waals surface area contributed by atoms with E-state index in [1.807, 2.05) is 46.0 Å². The summed E-state index contributed by atoms with van der Waals surface area (Å²) in [5, 5.41) is 9.36. The quantitative estimate of drug-likeness (QED) is 0.0858. The lowest BCUT2D eigenvalue weighted by Gasteiger charge is -2.45. The number of carbonyl (C=O) groups excluding carboxylic acids is 2. The molecule has 2 amide bonds. The Morgan fingerprint density at radius 1 is 0.848 bits per heavy atom. The second-order valence-corrected chi connectivity index (χ2v) is 25.9. The van der Waals surface area contributed by atoms with Gasteiger partial charge in [-0.2, -0.15) is 0 Å². The van der Waals surface area contributed by atoms with Gasteiger partial charge in [-0.1, -0.05) is 113 Å². The third-order valence-corrected chi connectivity index (χ3v) is 19.2. The second-order valence-electron chi connectivity index (χ2n) is 16.4. The molecule has 0 radical (unpaired) electrons. The van der Waals surface area contributed by atoms with E-state index >= 15 is 0 Å². The van der Waals surface area contributed by atoms with E-state index in [2.05, 4.69) is 88.2 Å². The normalized spacial score (nSPS) is 18.8. The van der Waals surface area contributed by atoms with Crippen LogP contribution in [0.25, 0.3) is 0 Å². The van der Waals surface area contributed by atoms with Gasteiger partial charge in [-0.15, -0.1) is 0 Å². The first kappa shape index (κ1) is 44.3. The molecule has 0 saturated carbocycles. The average molecular weight is 683 g/mol. The van der Waals surface area contributed by atoms with Gasteiger partial charge in [-0.25, -0.2) is 4.79 Å². The highest BCUT2D eigenvalue weighted by molar-refractivity contribution is 6.74. The molecule has 0 aromatic heterocycles. The van der Waals surface area contributed by atoms with Crippen molar-refractivity contribution >= 4 is 28.6 Å². The molecule has 0 bridgehead atoms. The van der Waals surface area contributed by atoms with E-state index in [9.17, 15) is 14.7 Å². The van der Waals surface area contributed by atoms with Crippen LogP contribution in [0.4, 0.5) is 4.79 Å². The number of ether oxygens (including phenoxy) is 1. The second kappa shape index (κ2) is 18.2. The zero-order chi connectivity index (χ0) is 36.4. The predicted octanol–water partition coefficient (Wildman–Crippen LogP) is 8.16. The Morgan fingerprint density at radius 3 is 1.72 bits per heavy atom. The van der Waals surface area contributed by atoms with Gasteiger partial charge in [0.2, 0.25) is 5.91 Å². The van der Waals surface area contributed by atoms with E-state index in [1.165, 1.54) is 0 Å². The van der Waals surface area contributed by atoms with Gasteiger partial charge >= 0.3 is 6.09 Å². The van der Waals surface area contributed by atoms with Crippen molar-refractivity contribution in [3.63, 3.8) is 0 Å². The van der Waals surface area contributed by atoms with Gasteiger partial charge in [-0.3, -0.25) is 4.79 Å². The van der Waals surface area contributed by atoms with Crippen LogP contribution in [0.3, 0.4) is 0 Å². The minimum atomic E-state index is -2.36. The first-order chi connectivity index (χ1) is 20.8. The summed E-state index contributed by atoms with van der Waals surface area (Å²) in [5.74, 6) is -1.03. The Balaban J connectivity index is 6.59. The summed E-state index contributed by atoms with van der Waals surface area (Å²) in [5.41, 5.74) is 5.55. The van der Waals surface area contributed by atoms with E-state index in [0.29, 0.717) is 6.54 Å². The minimum Gasteiger partial charge on any atom is -0.445 e. The minimum absolute atomic E-state index is 0.0146. The maximum Gasteiger partial charge on any atom is 0.404 e. The number of primary amides is 1. The third kappa shape index (κ3) is 13.1. The monoisotopic (exact) mass is 682 g/mol.